The van der Waals surface area contributed by atoms with Crippen molar-refractivity contribution in [2.45, 2.75) is 13.1 Å². The molecule has 0 aliphatic heterocycles. The highest BCUT2D eigenvalue weighted by molar-refractivity contribution is 5.97. The van der Waals surface area contributed by atoms with Gasteiger partial charge in [-0.05, 0) is 36.8 Å². The van der Waals surface area contributed by atoms with Crippen LogP contribution in [0.1, 0.15) is 11.1 Å². The molecular formula is C17H16F3N3O2. The zero-order valence-electron chi connectivity index (χ0n) is 13.3. The summed E-state index contributed by atoms with van der Waals surface area (Å²) < 4.78 is 38.6. The zero-order chi connectivity index (χ0) is 18.4. The van der Waals surface area contributed by atoms with Crippen LogP contribution in [0, 0.1) is 6.92 Å². The summed E-state index contributed by atoms with van der Waals surface area (Å²) in [6.45, 7) is 1.48. The maximum Gasteiger partial charge on any atom is 0.418 e. The predicted molar refractivity (Wildman–Crippen MR) is 88.3 cm³/mol. The number of halogens is 3. The van der Waals surface area contributed by atoms with Gasteiger partial charge in [-0.1, -0.05) is 24.3 Å². The molecule has 0 radical (unpaired) electrons. The Bertz CT molecular complexity index is 776. The molecule has 132 valence electrons. The third kappa shape index (κ3) is 5.52. The SMILES string of the molecule is Cc1cccc(NC(=O)CNC(=O)Nc2ccccc2C(F)(F)F)c1. The molecule has 0 aliphatic rings. The van der Waals surface area contributed by atoms with Gasteiger partial charge in [0.1, 0.15) is 0 Å². The van der Waals surface area contributed by atoms with Crippen LogP contribution in [-0.2, 0) is 11.0 Å². The molecule has 8 heteroatoms. The van der Waals surface area contributed by atoms with Crippen molar-refractivity contribution in [2.24, 2.45) is 0 Å². The Morgan fingerprint density at radius 2 is 1.72 bits per heavy atom. The molecule has 0 spiro atoms. The van der Waals surface area contributed by atoms with Gasteiger partial charge < -0.3 is 16.0 Å². The first-order valence-corrected chi connectivity index (χ1v) is 7.33. The summed E-state index contributed by atoms with van der Waals surface area (Å²) in [6, 6.07) is 10.7. The van der Waals surface area contributed by atoms with Gasteiger partial charge in [-0.15, -0.1) is 0 Å². The van der Waals surface area contributed by atoms with E-state index in [1.165, 1.54) is 12.1 Å². The molecule has 2 aromatic rings. The molecule has 2 rings (SSSR count). The van der Waals surface area contributed by atoms with E-state index < -0.39 is 23.7 Å². The predicted octanol–water partition coefficient (Wildman–Crippen LogP) is 3.77. The van der Waals surface area contributed by atoms with Crippen LogP contribution in [-0.4, -0.2) is 18.5 Å². The molecular weight excluding hydrogens is 335 g/mol. The molecule has 0 fully saturated rings. The molecule has 0 bridgehead atoms. The van der Waals surface area contributed by atoms with Crippen molar-refractivity contribution in [3.8, 4) is 0 Å². The fourth-order valence-electron chi connectivity index (χ4n) is 2.09. The van der Waals surface area contributed by atoms with Gasteiger partial charge >= 0.3 is 12.2 Å². The van der Waals surface area contributed by atoms with Gasteiger partial charge in [0.25, 0.3) is 0 Å². The highest BCUT2D eigenvalue weighted by Gasteiger charge is 2.33. The van der Waals surface area contributed by atoms with Crippen LogP contribution in [0.25, 0.3) is 0 Å². The fourth-order valence-corrected chi connectivity index (χ4v) is 2.09. The van der Waals surface area contributed by atoms with Crippen molar-refractivity contribution >= 4 is 23.3 Å². The molecule has 0 atom stereocenters. The quantitative estimate of drug-likeness (QED) is 0.785. The lowest BCUT2D eigenvalue weighted by Gasteiger charge is -2.14. The topological polar surface area (TPSA) is 70.2 Å². The number of hydrogen-bond acceptors (Lipinski definition) is 2. The third-order valence-corrected chi connectivity index (χ3v) is 3.19. The molecule has 3 N–H and O–H groups in total. The highest BCUT2D eigenvalue weighted by atomic mass is 19.4. The number of anilines is 2. The van der Waals surface area contributed by atoms with Crippen LogP contribution in [0.2, 0.25) is 0 Å². The van der Waals surface area contributed by atoms with E-state index in [9.17, 15) is 22.8 Å². The normalized spacial score (nSPS) is 10.9. The maximum atomic E-state index is 12.9. The Morgan fingerprint density at radius 1 is 1.00 bits per heavy atom. The number of alkyl halides is 3. The second-order valence-electron chi connectivity index (χ2n) is 5.27. The summed E-state index contributed by atoms with van der Waals surface area (Å²) in [6.07, 6.45) is -4.59. The van der Waals surface area contributed by atoms with E-state index in [1.54, 1.807) is 18.2 Å². The van der Waals surface area contributed by atoms with Gasteiger partial charge in [0.15, 0.2) is 0 Å². The number of benzene rings is 2. The van der Waals surface area contributed by atoms with Gasteiger partial charge in [-0.2, -0.15) is 13.2 Å². The second-order valence-corrected chi connectivity index (χ2v) is 5.27. The third-order valence-electron chi connectivity index (χ3n) is 3.19. The number of aryl methyl sites for hydroxylation is 1. The molecule has 5 nitrogen and oxygen atoms in total. The Morgan fingerprint density at radius 3 is 2.40 bits per heavy atom. The Labute approximate surface area is 142 Å². The van der Waals surface area contributed by atoms with Gasteiger partial charge in [0, 0.05) is 5.69 Å². The van der Waals surface area contributed by atoms with Crippen LogP contribution in [0.4, 0.5) is 29.3 Å². The Balaban J connectivity index is 1.90. The van der Waals surface area contributed by atoms with Crippen LogP contribution in [0.3, 0.4) is 0 Å². The van der Waals surface area contributed by atoms with Crippen LogP contribution < -0.4 is 16.0 Å². The number of rotatable bonds is 4. The number of nitrogens with one attached hydrogen (secondary N) is 3. The molecule has 0 saturated carbocycles. The van der Waals surface area contributed by atoms with Crippen molar-refractivity contribution in [3.63, 3.8) is 0 Å². The van der Waals surface area contributed by atoms with Gasteiger partial charge in [0.05, 0.1) is 17.8 Å². The Kier molecular flexibility index (Phi) is 5.63. The minimum atomic E-state index is -4.59. The Hall–Kier alpha value is -3.03. The van der Waals surface area contributed by atoms with Crippen molar-refractivity contribution < 1.29 is 22.8 Å². The van der Waals surface area contributed by atoms with Gasteiger partial charge in [-0.3, -0.25) is 4.79 Å². The summed E-state index contributed by atoms with van der Waals surface area (Å²) >= 11 is 0. The van der Waals surface area contributed by atoms with E-state index in [2.05, 4.69) is 16.0 Å². The van der Waals surface area contributed by atoms with Gasteiger partial charge in [-0.25, -0.2) is 4.79 Å². The van der Waals surface area contributed by atoms with Crippen molar-refractivity contribution in [2.75, 3.05) is 17.2 Å². The number of carbonyl (C=O) groups is 2. The minimum absolute atomic E-state index is 0.381. The molecule has 0 aromatic heterocycles. The van der Waals surface area contributed by atoms with Gasteiger partial charge in [0.2, 0.25) is 5.91 Å². The van der Waals surface area contributed by atoms with Crippen molar-refractivity contribution in [1.82, 2.24) is 5.32 Å². The van der Waals surface area contributed by atoms with E-state index in [0.717, 1.165) is 17.7 Å². The van der Waals surface area contributed by atoms with E-state index in [0.29, 0.717) is 5.69 Å². The average Bonchev–Trinajstić information content (AvgIpc) is 2.52. The second kappa shape index (κ2) is 7.69. The lowest BCUT2D eigenvalue weighted by molar-refractivity contribution is -0.136. The number of carbonyl (C=O) groups excluding carboxylic acids is 2. The summed E-state index contributed by atoms with van der Waals surface area (Å²) in [7, 11) is 0. The first-order valence-electron chi connectivity index (χ1n) is 7.33. The molecule has 25 heavy (non-hydrogen) atoms. The number of urea groups is 1. The fraction of sp³-hybridized carbons (Fsp3) is 0.176. The number of amides is 3. The summed E-state index contributed by atoms with van der Waals surface area (Å²) in [5.74, 6) is -0.496. The smallest absolute Gasteiger partial charge is 0.329 e. The first-order chi connectivity index (χ1) is 11.8. The largest absolute Gasteiger partial charge is 0.418 e. The lowest BCUT2D eigenvalue weighted by atomic mass is 10.1. The lowest BCUT2D eigenvalue weighted by Crippen LogP contribution is -2.36. The van der Waals surface area contributed by atoms with Crippen molar-refractivity contribution in [3.05, 3.63) is 59.7 Å². The monoisotopic (exact) mass is 351 g/mol. The van der Waals surface area contributed by atoms with Crippen molar-refractivity contribution in [1.29, 1.82) is 0 Å². The standard InChI is InChI=1S/C17H16F3N3O2/c1-11-5-4-6-12(9-11)22-15(24)10-21-16(25)23-14-8-3-2-7-13(14)17(18,19)20/h2-9H,10H2,1H3,(H,22,24)(H2,21,23,25). The molecule has 0 saturated heterocycles. The molecule has 0 unspecified atom stereocenters. The van der Waals surface area contributed by atoms with Crippen LogP contribution in [0.5, 0.6) is 0 Å². The first kappa shape index (κ1) is 18.3. The molecule has 3 amide bonds. The zero-order valence-corrected chi connectivity index (χ0v) is 13.3. The van der Waals surface area contributed by atoms with E-state index in [-0.39, 0.29) is 12.2 Å². The summed E-state index contributed by atoms with van der Waals surface area (Å²) in [5.41, 5.74) is 0.169. The maximum absolute atomic E-state index is 12.9. The van der Waals surface area contributed by atoms with E-state index in [4.69, 9.17) is 0 Å². The van der Waals surface area contributed by atoms with Crippen LogP contribution >= 0.6 is 0 Å². The number of para-hydroxylation sites is 1. The number of hydrogen-bond donors (Lipinski definition) is 3. The van der Waals surface area contributed by atoms with E-state index >= 15 is 0 Å². The summed E-state index contributed by atoms with van der Waals surface area (Å²) in [5, 5.41) is 6.89. The van der Waals surface area contributed by atoms with Crippen LogP contribution in [0.15, 0.2) is 48.5 Å². The molecule has 0 heterocycles. The van der Waals surface area contributed by atoms with E-state index in [1.807, 2.05) is 13.0 Å². The average molecular weight is 351 g/mol. The molecule has 2 aromatic carbocycles. The minimum Gasteiger partial charge on any atom is -0.329 e. The summed E-state index contributed by atoms with van der Waals surface area (Å²) in [4.78, 5) is 23.5. The highest BCUT2D eigenvalue weighted by Crippen LogP contribution is 2.34. The molecule has 0 aliphatic carbocycles.